The standard InChI is InChI=1S/C18H24F3N5O2S/c1-3-22-17(23-7-6-16-26-14(12-29-16)18(19,20)21)25-11-13-4-5-15(24-10-13)28-9-8-27-2/h4-5,10,12H,3,6-9,11H2,1-2H3,(H2,22,23,25). The van der Waals surface area contributed by atoms with E-state index in [-0.39, 0.29) is 0 Å². The molecule has 29 heavy (non-hydrogen) atoms. The van der Waals surface area contributed by atoms with E-state index >= 15 is 0 Å². The fourth-order valence-corrected chi connectivity index (χ4v) is 2.98. The topological polar surface area (TPSA) is 80.7 Å². The lowest BCUT2D eigenvalue weighted by atomic mass is 10.3. The van der Waals surface area contributed by atoms with Crippen molar-refractivity contribution < 1.29 is 22.6 Å². The highest BCUT2D eigenvalue weighted by Crippen LogP contribution is 2.29. The largest absolute Gasteiger partial charge is 0.475 e. The fourth-order valence-electron chi connectivity index (χ4n) is 2.18. The molecule has 0 saturated carbocycles. The molecule has 0 atom stereocenters. The van der Waals surface area contributed by atoms with Crippen LogP contribution in [-0.4, -0.2) is 49.3 Å². The van der Waals surface area contributed by atoms with Crippen molar-refractivity contribution in [1.82, 2.24) is 20.6 Å². The normalized spacial score (nSPS) is 12.1. The molecule has 0 aliphatic carbocycles. The molecule has 11 heteroatoms. The molecule has 2 aromatic heterocycles. The summed E-state index contributed by atoms with van der Waals surface area (Å²) in [6.45, 7) is 4.33. The number of nitrogens with zero attached hydrogens (tertiary/aromatic N) is 3. The van der Waals surface area contributed by atoms with Gasteiger partial charge in [0.25, 0.3) is 0 Å². The van der Waals surface area contributed by atoms with Crippen LogP contribution in [-0.2, 0) is 23.9 Å². The van der Waals surface area contributed by atoms with Gasteiger partial charge in [0.15, 0.2) is 11.7 Å². The minimum absolute atomic E-state index is 0.375. The quantitative estimate of drug-likeness (QED) is 0.342. The lowest BCUT2D eigenvalue weighted by molar-refractivity contribution is -0.140. The van der Waals surface area contributed by atoms with Crippen molar-refractivity contribution in [3.8, 4) is 5.88 Å². The van der Waals surface area contributed by atoms with E-state index < -0.39 is 11.9 Å². The summed E-state index contributed by atoms with van der Waals surface area (Å²) in [7, 11) is 1.60. The van der Waals surface area contributed by atoms with Gasteiger partial charge >= 0.3 is 6.18 Å². The molecule has 2 aromatic rings. The average molecular weight is 431 g/mol. The van der Waals surface area contributed by atoms with Gasteiger partial charge in [-0.2, -0.15) is 13.2 Å². The van der Waals surface area contributed by atoms with Gasteiger partial charge in [0.05, 0.1) is 18.2 Å². The number of alkyl halides is 3. The Balaban J connectivity index is 1.83. The summed E-state index contributed by atoms with van der Waals surface area (Å²) in [6.07, 6.45) is -2.35. The number of aliphatic imine (C=N–C) groups is 1. The van der Waals surface area contributed by atoms with Crippen LogP contribution in [0.2, 0.25) is 0 Å². The van der Waals surface area contributed by atoms with E-state index in [1.54, 1.807) is 19.4 Å². The Kier molecular flexibility index (Phi) is 9.13. The molecular formula is C18H24F3N5O2S. The summed E-state index contributed by atoms with van der Waals surface area (Å²) in [5.41, 5.74) is 0.0521. The van der Waals surface area contributed by atoms with E-state index in [0.717, 1.165) is 22.3 Å². The Labute approximate surface area is 171 Å². The third kappa shape index (κ3) is 8.24. The number of guanidine groups is 1. The van der Waals surface area contributed by atoms with Crippen LogP contribution in [0.3, 0.4) is 0 Å². The predicted molar refractivity (Wildman–Crippen MR) is 105 cm³/mol. The molecule has 0 fully saturated rings. The first kappa shape index (κ1) is 22.9. The van der Waals surface area contributed by atoms with Gasteiger partial charge in [0.1, 0.15) is 6.61 Å². The average Bonchev–Trinajstić information content (AvgIpc) is 3.17. The minimum atomic E-state index is -4.41. The maximum absolute atomic E-state index is 12.6. The highest BCUT2D eigenvalue weighted by molar-refractivity contribution is 7.09. The van der Waals surface area contributed by atoms with E-state index in [1.165, 1.54) is 0 Å². The van der Waals surface area contributed by atoms with Gasteiger partial charge < -0.3 is 20.1 Å². The molecule has 0 spiro atoms. The lowest BCUT2D eigenvalue weighted by Crippen LogP contribution is -2.38. The summed E-state index contributed by atoms with van der Waals surface area (Å²) in [6, 6.07) is 3.64. The van der Waals surface area contributed by atoms with Gasteiger partial charge in [-0.15, -0.1) is 11.3 Å². The molecule has 2 rings (SSSR count). The Morgan fingerprint density at radius 1 is 1.24 bits per heavy atom. The first-order valence-corrected chi connectivity index (χ1v) is 9.90. The highest BCUT2D eigenvalue weighted by atomic mass is 32.1. The van der Waals surface area contributed by atoms with E-state index in [2.05, 4.69) is 25.6 Å². The number of rotatable bonds is 10. The van der Waals surface area contributed by atoms with Gasteiger partial charge in [0.2, 0.25) is 5.88 Å². The molecule has 0 aromatic carbocycles. The molecule has 0 bridgehead atoms. The second-order valence-corrected chi connectivity index (χ2v) is 6.78. The number of hydrogen-bond acceptors (Lipinski definition) is 6. The number of aromatic nitrogens is 2. The number of pyridine rings is 1. The van der Waals surface area contributed by atoms with Gasteiger partial charge in [-0.25, -0.2) is 15.0 Å². The predicted octanol–water partition coefficient (Wildman–Crippen LogP) is 2.88. The van der Waals surface area contributed by atoms with Crippen molar-refractivity contribution in [3.63, 3.8) is 0 Å². The molecule has 0 aliphatic heterocycles. The van der Waals surface area contributed by atoms with Crippen molar-refractivity contribution in [2.24, 2.45) is 4.99 Å². The van der Waals surface area contributed by atoms with E-state index in [9.17, 15) is 13.2 Å². The fraction of sp³-hybridized carbons (Fsp3) is 0.500. The van der Waals surface area contributed by atoms with Crippen molar-refractivity contribution in [2.45, 2.75) is 26.1 Å². The van der Waals surface area contributed by atoms with E-state index in [1.807, 2.05) is 13.0 Å². The Bertz CT molecular complexity index is 766. The molecule has 0 aliphatic rings. The van der Waals surface area contributed by atoms with Crippen molar-refractivity contribution in [3.05, 3.63) is 40.0 Å². The first-order valence-electron chi connectivity index (χ1n) is 9.02. The molecular weight excluding hydrogens is 407 g/mol. The summed E-state index contributed by atoms with van der Waals surface area (Å²) in [5.74, 6) is 1.09. The van der Waals surface area contributed by atoms with Crippen LogP contribution in [0, 0.1) is 0 Å². The van der Waals surface area contributed by atoms with Crippen LogP contribution in [0.1, 0.15) is 23.2 Å². The first-order chi connectivity index (χ1) is 13.9. The molecule has 0 saturated heterocycles. The van der Waals surface area contributed by atoms with Crippen molar-refractivity contribution in [2.75, 3.05) is 33.4 Å². The summed E-state index contributed by atoms with van der Waals surface area (Å²) in [4.78, 5) is 12.3. The third-order valence-electron chi connectivity index (χ3n) is 3.57. The summed E-state index contributed by atoms with van der Waals surface area (Å²) in [5, 5.41) is 7.65. The maximum atomic E-state index is 12.6. The molecule has 0 amide bonds. The second kappa shape index (κ2) is 11.6. The number of ether oxygens (including phenoxy) is 2. The van der Waals surface area contributed by atoms with Crippen LogP contribution >= 0.6 is 11.3 Å². The molecule has 0 unspecified atom stereocenters. The van der Waals surface area contributed by atoms with Gasteiger partial charge in [-0.05, 0) is 12.5 Å². The van der Waals surface area contributed by atoms with Gasteiger partial charge in [-0.1, -0.05) is 6.07 Å². The molecule has 2 N–H and O–H groups in total. The highest BCUT2D eigenvalue weighted by Gasteiger charge is 2.33. The summed E-state index contributed by atoms with van der Waals surface area (Å²) >= 11 is 1.00. The Hall–Kier alpha value is -2.40. The molecule has 7 nitrogen and oxygen atoms in total. The SMILES string of the molecule is CCNC(=NCc1ccc(OCCOC)nc1)NCCc1nc(C(F)(F)F)cs1. The van der Waals surface area contributed by atoms with Crippen LogP contribution < -0.4 is 15.4 Å². The number of thiazole rings is 1. The number of nitrogens with one attached hydrogen (secondary N) is 2. The molecule has 2 heterocycles. The van der Waals surface area contributed by atoms with Gasteiger partial charge in [0, 0.05) is 44.3 Å². The number of halogens is 3. The van der Waals surface area contributed by atoms with Crippen LogP contribution in [0.25, 0.3) is 0 Å². The van der Waals surface area contributed by atoms with Gasteiger partial charge in [-0.3, -0.25) is 0 Å². The zero-order chi connectivity index (χ0) is 21.1. The molecule has 160 valence electrons. The third-order valence-corrected chi connectivity index (χ3v) is 4.48. The van der Waals surface area contributed by atoms with Crippen LogP contribution in [0.4, 0.5) is 13.2 Å². The number of hydrogen-bond donors (Lipinski definition) is 2. The van der Waals surface area contributed by atoms with Crippen LogP contribution in [0.15, 0.2) is 28.7 Å². The summed E-state index contributed by atoms with van der Waals surface area (Å²) < 4.78 is 48.1. The van der Waals surface area contributed by atoms with Crippen LogP contribution in [0.5, 0.6) is 5.88 Å². The second-order valence-electron chi connectivity index (χ2n) is 5.84. The zero-order valence-electron chi connectivity index (χ0n) is 16.3. The zero-order valence-corrected chi connectivity index (χ0v) is 17.1. The number of methoxy groups -OCH3 is 1. The van der Waals surface area contributed by atoms with E-state index in [0.29, 0.717) is 56.1 Å². The molecule has 0 radical (unpaired) electrons. The minimum Gasteiger partial charge on any atom is -0.475 e. The Morgan fingerprint density at radius 2 is 2.07 bits per heavy atom. The monoisotopic (exact) mass is 431 g/mol. The van der Waals surface area contributed by atoms with Crippen molar-refractivity contribution >= 4 is 17.3 Å². The smallest absolute Gasteiger partial charge is 0.434 e. The lowest BCUT2D eigenvalue weighted by Gasteiger charge is -2.11. The maximum Gasteiger partial charge on any atom is 0.434 e. The van der Waals surface area contributed by atoms with Crippen molar-refractivity contribution in [1.29, 1.82) is 0 Å². The Morgan fingerprint density at radius 3 is 2.69 bits per heavy atom. The van der Waals surface area contributed by atoms with E-state index in [4.69, 9.17) is 9.47 Å².